The third kappa shape index (κ3) is 6.64. The van der Waals surface area contributed by atoms with E-state index in [1.165, 1.54) is 11.1 Å². The number of fused-ring (bicyclic) bond motifs is 2. The van der Waals surface area contributed by atoms with Crippen LogP contribution in [-0.2, 0) is 24.1 Å². The molecule has 0 aliphatic heterocycles. The van der Waals surface area contributed by atoms with Crippen LogP contribution in [0.25, 0.3) is 10.9 Å². The number of nitrogens with zero attached hydrogens (tertiary/aromatic N) is 1. The lowest BCUT2D eigenvalue weighted by Gasteiger charge is -2.26. The van der Waals surface area contributed by atoms with Crippen LogP contribution in [-0.4, -0.2) is 36.6 Å². The lowest BCUT2D eigenvalue weighted by atomic mass is 9.87. The van der Waals surface area contributed by atoms with Crippen molar-refractivity contribution in [3.8, 4) is 5.75 Å². The Labute approximate surface area is 213 Å². The number of unbranched alkanes of at least 4 members (excludes halogenated alkanes) is 1. The van der Waals surface area contributed by atoms with Crippen molar-refractivity contribution in [2.24, 2.45) is 0 Å². The van der Waals surface area contributed by atoms with E-state index in [1.54, 1.807) is 0 Å². The molecule has 0 spiro atoms. The Balaban J connectivity index is 1.56. The average Bonchev–Trinajstić information content (AvgIpc) is 2.87. The van der Waals surface area contributed by atoms with Gasteiger partial charge >= 0.3 is 0 Å². The van der Waals surface area contributed by atoms with Gasteiger partial charge in [-0.3, -0.25) is 4.98 Å². The van der Waals surface area contributed by atoms with E-state index in [2.05, 4.69) is 28.6 Å². The molecule has 2 aromatic carbocycles. The van der Waals surface area contributed by atoms with Gasteiger partial charge in [0.1, 0.15) is 5.75 Å². The topological polar surface area (TPSA) is 75.6 Å². The fraction of sp³-hybridized carbons (Fsp3) is 0.464. The van der Waals surface area contributed by atoms with Gasteiger partial charge in [-0.25, -0.2) is 0 Å². The molecule has 0 amide bonds. The van der Waals surface area contributed by atoms with Crippen LogP contribution in [0.4, 0.5) is 11.4 Å². The van der Waals surface area contributed by atoms with Crippen LogP contribution in [0.15, 0.2) is 36.5 Å². The van der Waals surface area contributed by atoms with Gasteiger partial charge in [-0.05, 0) is 86.5 Å². The molecule has 0 radical (unpaired) electrons. The van der Waals surface area contributed by atoms with E-state index in [4.69, 9.17) is 21.1 Å². The Bertz CT molecular complexity index is 1120. The fourth-order valence-corrected chi connectivity index (χ4v) is 4.87. The predicted molar refractivity (Wildman–Crippen MR) is 143 cm³/mol. The molecule has 188 valence electrons. The second kappa shape index (κ2) is 13.1. The zero-order valence-corrected chi connectivity index (χ0v) is 21.3. The number of aliphatic hydroxyl groups is 1. The zero-order valence-electron chi connectivity index (χ0n) is 20.5. The van der Waals surface area contributed by atoms with Gasteiger partial charge in [-0.1, -0.05) is 24.9 Å². The zero-order chi connectivity index (χ0) is 24.5. The van der Waals surface area contributed by atoms with Gasteiger partial charge in [0.15, 0.2) is 6.79 Å². The summed E-state index contributed by atoms with van der Waals surface area (Å²) in [6.07, 6.45) is 9.23. The number of hydrogen-bond acceptors (Lipinski definition) is 6. The minimum Gasteiger partial charge on any atom is -0.467 e. The van der Waals surface area contributed by atoms with Gasteiger partial charge in [0.2, 0.25) is 0 Å². The molecule has 4 rings (SSSR count). The number of pyridine rings is 1. The second-order valence-corrected chi connectivity index (χ2v) is 9.43. The van der Waals surface area contributed by atoms with E-state index in [0.717, 1.165) is 98.3 Å². The predicted octanol–water partition coefficient (Wildman–Crippen LogP) is 6.14. The highest BCUT2D eigenvalue weighted by molar-refractivity contribution is 6.31. The van der Waals surface area contributed by atoms with Crippen LogP contribution in [0.3, 0.4) is 0 Å². The van der Waals surface area contributed by atoms with E-state index < -0.39 is 0 Å². The number of aromatic nitrogens is 1. The number of aliphatic hydroxyl groups excluding tert-OH is 1. The molecule has 0 saturated carbocycles. The summed E-state index contributed by atoms with van der Waals surface area (Å²) in [5, 5.41) is 18.5. The van der Waals surface area contributed by atoms with Crippen LogP contribution >= 0.6 is 11.6 Å². The molecule has 1 aromatic heterocycles. The number of nitrogens with one attached hydrogen (secondary N) is 2. The van der Waals surface area contributed by atoms with Crippen molar-refractivity contribution in [2.75, 3.05) is 31.9 Å². The number of halogens is 1. The van der Waals surface area contributed by atoms with Crippen molar-refractivity contribution in [1.29, 1.82) is 0 Å². The Morgan fingerprint density at radius 3 is 2.69 bits per heavy atom. The third-order valence-corrected chi connectivity index (χ3v) is 6.70. The molecule has 1 aliphatic carbocycles. The summed E-state index contributed by atoms with van der Waals surface area (Å²) in [6, 6.07) is 9.96. The highest BCUT2D eigenvalue weighted by Crippen LogP contribution is 2.40. The first kappa shape index (κ1) is 25.7. The minimum atomic E-state index is -0.326. The maximum absolute atomic E-state index is 9.61. The molecule has 0 unspecified atom stereocenters. The molecular formula is C28H36ClN3O3. The summed E-state index contributed by atoms with van der Waals surface area (Å²) in [5.74, 6) is 0.825. The minimum absolute atomic E-state index is 0.326. The molecule has 1 aliphatic rings. The Morgan fingerprint density at radius 1 is 1.03 bits per heavy atom. The Kier molecular flexibility index (Phi) is 9.60. The van der Waals surface area contributed by atoms with Crippen LogP contribution in [0.1, 0.15) is 55.7 Å². The van der Waals surface area contributed by atoms with Crippen molar-refractivity contribution < 1.29 is 14.6 Å². The molecular weight excluding hydrogens is 462 g/mol. The number of hydrogen-bond donors (Lipinski definition) is 3. The fourth-order valence-electron chi connectivity index (χ4n) is 4.71. The van der Waals surface area contributed by atoms with Gasteiger partial charge < -0.3 is 25.2 Å². The molecule has 0 saturated heterocycles. The van der Waals surface area contributed by atoms with E-state index in [9.17, 15) is 5.11 Å². The quantitative estimate of drug-likeness (QED) is 0.195. The summed E-state index contributed by atoms with van der Waals surface area (Å²) in [6.45, 7) is 4.97. The molecule has 35 heavy (non-hydrogen) atoms. The average molecular weight is 498 g/mol. The van der Waals surface area contributed by atoms with Crippen molar-refractivity contribution >= 4 is 33.9 Å². The number of rotatable bonds is 13. The second-order valence-electron chi connectivity index (χ2n) is 8.99. The van der Waals surface area contributed by atoms with E-state index >= 15 is 0 Å². The number of anilines is 2. The van der Waals surface area contributed by atoms with Crippen molar-refractivity contribution in [3.63, 3.8) is 0 Å². The molecule has 3 aromatic rings. The first-order chi connectivity index (χ1) is 17.2. The molecule has 6 nitrogen and oxygen atoms in total. The summed E-state index contributed by atoms with van der Waals surface area (Å²) in [4.78, 5) is 4.48. The van der Waals surface area contributed by atoms with Gasteiger partial charge in [0.25, 0.3) is 0 Å². The maximum Gasteiger partial charge on any atom is 0.186 e. The smallest absolute Gasteiger partial charge is 0.186 e. The van der Waals surface area contributed by atoms with Gasteiger partial charge in [0.05, 0.1) is 5.52 Å². The van der Waals surface area contributed by atoms with Crippen LogP contribution < -0.4 is 15.4 Å². The normalized spacial score (nSPS) is 13.1. The maximum atomic E-state index is 9.61. The monoisotopic (exact) mass is 497 g/mol. The first-order valence-electron chi connectivity index (χ1n) is 12.7. The Morgan fingerprint density at radius 2 is 1.86 bits per heavy atom. The van der Waals surface area contributed by atoms with Gasteiger partial charge in [0, 0.05) is 53.3 Å². The largest absolute Gasteiger partial charge is 0.467 e. The highest BCUT2D eigenvalue weighted by atomic mass is 35.5. The summed E-state index contributed by atoms with van der Waals surface area (Å²) in [5.41, 5.74) is 6.48. The van der Waals surface area contributed by atoms with Crippen LogP contribution in [0.2, 0.25) is 5.02 Å². The van der Waals surface area contributed by atoms with E-state index in [0.29, 0.717) is 11.6 Å². The highest BCUT2D eigenvalue weighted by Gasteiger charge is 2.22. The summed E-state index contributed by atoms with van der Waals surface area (Å²) in [7, 11) is 0. The molecule has 0 atom stereocenters. The van der Waals surface area contributed by atoms with Crippen LogP contribution in [0.5, 0.6) is 5.75 Å². The number of ether oxygens (including phenoxy) is 2. The molecule has 3 N–H and O–H groups in total. The summed E-state index contributed by atoms with van der Waals surface area (Å²) < 4.78 is 11.5. The Hall–Kier alpha value is -2.38. The molecule has 0 fully saturated rings. The number of benzene rings is 2. The van der Waals surface area contributed by atoms with E-state index in [1.807, 2.05) is 30.5 Å². The molecule has 1 heterocycles. The first-order valence-corrected chi connectivity index (χ1v) is 13.1. The van der Waals surface area contributed by atoms with Crippen molar-refractivity contribution in [2.45, 2.75) is 58.4 Å². The van der Waals surface area contributed by atoms with Crippen molar-refractivity contribution in [1.82, 2.24) is 10.3 Å². The molecule has 0 bridgehead atoms. The van der Waals surface area contributed by atoms with Crippen LogP contribution in [0, 0.1) is 0 Å². The van der Waals surface area contributed by atoms with E-state index in [-0.39, 0.29) is 6.79 Å². The molecule has 7 heteroatoms. The third-order valence-electron chi connectivity index (χ3n) is 6.46. The SMILES string of the molecule is CCCCOCCCNCc1cc(Nc2ccnc3cc(Cl)ccc23)c2c(c1OCO)CCCC2. The lowest BCUT2D eigenvalue weighted by molar-refractivity contribution is 0.0961. The summed E-state index contributed by atoms with van der Waals surface area (Å²) >= 11 is 6.19. The van der Waals surface area contributed by atoms with Gasteiger partial charge in [-0.2, -0.15) is 0 Å². The van der Waals surface area contributed by atoms with Crippen molar-refractivity contribution in [3.05, 3.63) is 58.2 Å². The lowest BCUT2D eigenvalue weighted by Crippen LogP contribution is -2.19. The van der Waals surface area contributed by atoms with Gasteiger partial charge in [-0.15, -0.1) is 0 Å². The standard InChI is InChI=1S/C28H36ClN3O3/c1-2-3-14-34-15-6-12-30-18-20-16-27(22-7-4-5-8-23(22)28(20)35-19-33)32-25-11-13-31-26-17-21(29)9-10-24(25)26/h9-11,13,16-17,30,33H,2-8,12,14-15,18-19H2,1H3,(H,31,32).